The molecule has 1 atom stereocenters. The highest BCUT2D eigenvalue weighted by Crippen LogP contribution is 2.29. The van der Waals surface area contributed by atoms with Gasteiger partial charge in [0, 0.05) is 13.1 Å². The SMILES string of the molecule is CC(OC(=O)C1CCC1)C(=O)Nc1cc(S(=O)(=O)N2CCCCC2)ccc1Cl. The normalized spacial score (nSPS) is 19.5. The Morgan fingerprint density at radius 1 is 1.18 bits per heavy atom. The number of benzene rings is 1. The van der Waals surface area contributed by atoms with Crippen LogP contribution in [0.25, 0.3) is 0 Å². The second-order valence-corrected chi connectivity index (χ2v) is 9.65. The van der Waals surface area contributed by atoms with Gasteiger partial charge in [-0.2, -0.15) is 4.31 Å². The molecule has 0 aromatic heterocycles. The molecule has 2 aliphatic rings. The molecule has 7 nitrogen and oxygen atoms in total. The number of carbonyl (C=O) groups is 2. The summed E-state index contributed by atoms with van der Waals surface area (Å²) >= 11 is 6.14. The van der Waals surface area contributed by atoms with Crippen molar-refractivity contribution in [3.63, 3.8) is 0 Å². The largest absolute Gasteiger partial charge is 0.452 e. The van der Waals surface area contributed by atoms with Crippen LogP contribution in [0.15, 0.2) is 23.1 Å². The summed E-state index contributed by atoms with van der Waals surface area (Å²) in [6, 6.07) is 4.23. The minimum Gasteiger partial charge on any atom is -0.452 e. The van der Waals surface area contributed by atoms with E-state index < -0.39 is 22.0 Å². The third-order valence-electron chi connectivity index (χ3n) is 5.25. The molecule has 1 aliphatic heterocycles. The Labute approximate surface area is 170 Å². The Kier molecular flexibility index (Phi) is 6.62. The maximum atomic E-state index is 12.8. The van der Waals surface area contributed by atoms with Gasteiger partial charge >= 0.3 is 5.97 Å². The molecule has 1 N–H and O–H groups in total. The second-order valence-electron chi connectivity index (χ2n) is 7.30. The van der Waals surface area contributed by atoms with Crippen molar-refractivity contribution in [1.82, 2.24) is 4.31 Å². The van der Waals surface area contributed by atoms with E-state index in [1.165, 1.54) is 29.4 Å². The number of nitrogens with zero attached hydrogens (tertiary/aromatic N) is 1. The van der Waals surface area contributed by atoms with Crippen LogP contribution in [0, 0.1) is 5.92 Å². The number of ether oxygens (including phenoxy) is 1. The maximum Gasteiger partial charge on any atom is 0.309 e. The Bertz CT molecular complexity index is 848. The first-order valence-corrected chi connectivity index (χ1v) is 11.4. The standard InChI is InChI=1S/C19H25ClN2O5S/c1-13(27-19(24)14-6-5-7-14)18(23)21-17-12-15(8-9-16(17)20)28(25,26)22-10-3-2-4-11-22/h8-9,12-14H,2-7,10-11H2,1H3,(H,21,23). The zero-order valence-electron chi connectivity index (χ0n) is 15.8. The molecule has 0 spiro atoms. The van der Waals surface area contributed by atoms with Crippen LogP contribution in [-0.2, 0) is 24.3 Å². The third-order valence-corrected chi connectivity index (χ3v) is 7.47. The average molecular weight is 429 g/mol. The number of nitrogens with one attached hydrogen (secondary N) is 1. The molecular weight excluding hydrogens is 404 g/mol. The van der Waals surface area contributed by atoms with E-state index in [1.54, 1.807) is 0 Å². The van der Waals surface area contributed by atoms with Gasteiger partial charge in [-0.3, -0.25) is 9.59 Å². The number of sulfonamides is 1. The second kappa shape index (κ2) is 8.80. The first-order valence-electron chi connectivity index (χ1n) is 9.60. The molecule has 1 saturated carbocycles. The smallest absolute Gasteiger partial charge is 0.309 e. The molecule has 2 fully saturated rings. The molecule has 28 heavy (non-hydrogen) atoms. The van der Waals surface area contributed by atoms with Crippen LogP contribution in [-0.4, -0.2) is 43.8 Å². The topological polar surface area (TPSA) is 92.8 Å². The number of hydrogen-bond acceptors (Lipinski definition) is 5. The summed E-state index contributed by atoms with van der Waals surface area (Å²) in [6.45, 7) is 2.45. The van der Waals surface area contributed by atoms with Crippen LogP contribution < -0.4 is 5.32 Å². The molecule has 1 saturated heterocycles. The number of carbonyl (C=O) groups excluding carboxylic acids is 2. The summed E-state index contributed by atoms with van der Waals surface area (Å²) in [5.74, 6) is -1.06. The molecule has 1 aliphatic carbocycles. The molecule has 9 heteroatoms. The average Bonchev–Trinajstić information content (AvgIpc) is 2.62. The number of esters is 1. The van der Waals surface area contributed by atoms with Crippen molar-refractivity contribution in [3.8, 4) is 0 Å². The van der Waals surface area contributed by atoms with E-state index in [0.29, 0.717) is 13.1 Å². The van der Waals surface area contributed by atoms with Gasteiger partial charge in [0.15, 0.2) is 6.10 Å². The van der Waals surface area contributed by atoms with E-state index in [1.807, 2.05) is 0 Å². The number of rotatable bonds is 6. The molecule has 3 rings (SSSR count). The first-order chi connectivity index (χ1) is 13.3. The van der Waals surface area contributed by atoms with Crippen molar-refractivity contribution in [1.29, 1.82) is 0 Å². The molecular formula is C19H25ClN2O5S. The molecule has 1 aromatic rings. The minimum absolute atomic E-state index is 0.0771. The van der Waals surface area contributed by atoms with Gasteiger partial charge < -0.3 is 10.1 Å². The van der Waals surface area contributed by atoms with Crippen molar-refractivity contribution >= 4 is 39.2 Å². The van der Waals surface area contributed by atoms with E-state index in [-0.39, 0.29) is 27.5 Å². The first kappa shape index (κ1) is 21.1. The number of halogens is 1. The van der Waals surface area contributed by atoms with E-state index >= 15 is 0 Å². The lowest BCUT2D eigenvalue weighted by molar-refractivity contribution is -0.159. The van der Waals surface area contributed by atoms with Crippen LogP contribution in [0.3, 0.4) is 0 Å². The van der Waals surface area contributed by atoms with Gasteiger partial charge in [0.2, 0.25) is 10.0 Å². The summed E-state index contributed by atoms with van der Waals surface area (Å²) in [5, 5.41) is 2.79. The summed E-state index contributed by atoms with van der Waals surface area (Å²) in [4.78, 5) is 24.4. The molecule has 0 radical (unpaired) electrons. The third kappa shape index (κ3) is 4.67. The van der Waals surface area contributed by atoms with E-state index in [9.17, 15) is 18.0 Å². The lowest BCUT2D eigenvalue weighted by Gasteiger charge is -2.26. The molecule has 0 bridgehead atoms. The summed E-state index contributed by atoms with van der Waals surface area (Å²) < 4.78 is 32.3. The number of piperidine rings is 1. The van der Waals surface area contributed by atoms with Crippen LogP contribution >= 0.6 is 11.6 Å². The van der Waals surface area contributed by atoms with E-state index in [4.69, 9.17) is 16.3 Å². The predicted molar refractivity (Wildman–Crippen MR) is 106 cm³/mol. The van der Waals surface area contributed by atoms with Crippen LogP contribution in [0.2, 0.25) is 5.02 Å². The van der Waals surface area contributed by atoms with Crippen molar-refractivity contribution < 1.29 is 22.7 Å². The lowest BCUT2D eigenvalue weighted by atomic mass is 9.86. The summed E-state index contributed by atoms with van der Waals surface area (Å²) in [6.07, 6.45) is 4.26. The van der Waals surface area contributed by atoms with Gasteiger partial charge in [0.1, 0.15) is 0 Å². The highest BCUT2D eigenvalue weighted by molar-refractivity contribution is 7.89. The monoisotopic (exact) mass is 428 g/mol. The van der Waals surface area contributed by atoms with Crippen molar-refractivity contribution in [2.75, 3.05) is 18.4 Å². The Hall–Kier alpha value is -1.64. The fraction of sp³-hybridized carbons (Fsp3) is 0.579. The van der Waals surface area contributed by atoms with Gasteiger partial charge in [0.25, 0.3) is 5.91 Å². The van der Waals surface area contributed by atoms with E-state index in [2.05, 4.69) is 5.32 Å². The molecule has 1 heterocycles. The Balaban J connectivity index is 1.70. The number of hydrogen-bond donors (Lipinski definition) is 1. The van der Waals surface area contributed by atoms with Gasteiger partial charge in [-0.25, -0.2) is 8.42 Å². The van der Waals surface area contributed by atoms with Crippen molar-refractivity contribution in [3.05, 3.63) is 23.2 Å². The van der Waals surface area contributed by atoms with Crippen LogP contribution in [0.1, 0.15) is 45.4 Å². The number of amides is 1. The zero-order chi connectivity index (χ0) is 20.3. The predicted octanol–water partition coefficient (Wildman–Crippen LogP) is 3.18. The van der Waals surface area contributed by atoms with Gasteiger partial charge in [-0.05, 0) is 50.8 Å². The summed E-state index contributed by atoms with van der Waals surface area (Å²) in [5.41, 5.74) is 0.177. The molecule has 1 aromatic carbocycles. The van der Waals surface area contributed by atoms with Crippen molar-refractivity contribution in [2.24, 2.45) is 5.92 Å². The summed E-state index contributed by atoms with van der Waals surface area (Å²) in [7, 11) is -3.65. The molecule has 154 valence electrons. The van der Waals surface area contributed by atoms with Crippen molar-refractivity contribution in [2.45, 2.75) is 56.4 Å². The van der Waals surface area contributed by atoms with Gasteiger partial charge in [0.05, 0.1) is 21.5 Å². The highest BCUT2D eigenvalue weighted by Gasteiger charge is 2.30. The highest BCUT2D eigenvalue weighted by atomic mass is 35.5. The Morgan fingerprint density at radius 3 is 2.46 bits per heavy atom. The minimum atomic E-state index is -3.65. The van der Waals surface area contributed by atoms with Gasteiger partial charge in [-0.1, -0.05) is 24.4 Å². The molecule has 1 amide bonds. The number of anilines is 1. The quantitative estimate of drug-likeness (QED) is 0.702. The fourth-order valence-corrected chi connectivity index (χ4v) is 4.93. The van der Waals surface area contributed by atoms with Crippen LogP contribution in [0.4, 0.5) is 5.69 Å². The maximum absolute atomic E-state index is 12.8. The lowest BCUT2D eigenvalue weighted by Crippen LogP contribution is -2.36. The fourth-order valence-electron chi connectivity index (χ4n) is 3.22. The molecule has 1 unspecified atom stereocenters. The van der Waals surface area contributed by atoms with Crippen LogP contribution in [0.5, 0.6) is 0 Å². The zero-order valence-corrected chi connectivity index (χ0v) is 17.4. The van der Waals surface area contributed by atoms with E-state index in [0.717, 1.165) is 38.5 Å². The Morgan fingerprint density at radius 2 is 1.86 bits per heavy atom. The van der Waals surface area contributed by atoms with Gasteiger partial charge in [-0.15, -0.1) is 0 Å².